The van der Waals surface area contributed by atoms with Crippen LogP contribution in [-0.4, -0.2) is 62.4 Å². The number of carbonyl (C=O) groups excluding carboxylic acids is 1. The van der Waals surface area contributed by atoms with Gasteiger partial charge in [-0.15, -0.1) is 0 Å². The highest BCUT2D eigenvalue weighted by Crippen LogP contribution is 2.31. The number of carbonyl (C=O) groups is 1. The zero-order valence-corrected chi connectivity index (χ0v) is 16.6. The van der Waals surface area contributed by atoms with Crippen molar-refractivity contribution in [2.75, 3.05) is 33.1 Å². The van der Waals surface area contributed by atoms with Crippen molar-refractivity contribution in [3.8, 4) is 22.9 Å². The first-order valence-corrected chi connectivity index (χ1v) is 10.2. The molecule has 0 radical (unpaired) electrons. The monoisotopic (exact) mass is 397 g/mol. The van der Waals surface area contributed by atoms with Crippen molar-refractivity contribution in [2.24, 2.45) is 0 Å². The Hall–Kier alpha value is -2.62. The summed E-state index contributed by atoms with van der Waals surface area (Å²) in [5.74, 6) is -0.368. The molecule has 2 rings (SSSR count). The Kier molecular flexibility index (Phi) is 6.78. The van der Waals surface area contributed by atoms with Crippen LogP contribution in [-0.2, 0) is 20.4 Å². The quantitative estimate of drug-likeness (QED) is 0.626. The van der Waals surface area contributed by atoms with E-state index in [2.05, 4.69) is 10.1 Å². The molecule has 0 spiro atoms. The molecule has 1 aromatic heterocycles. The Morgan fingerprint density at radius 2 is 1.81 bits per heavy atom. The molecule has 1 heterocycles. The van der Waals surface area contributed by atoms with Gasteiger partial charge in [0.05, 0.1) is 14.2 Å². The number of benzene rings is 1. The van der Waals surface area contributed by atoms with Crippen LogP contribution in [0.1, 0.15) is 19.7 Å². The number of sulfone groups is 1. The third kappa shape index (κ3) is 5.19. The van der Waals surface area contributed by atoms with E-state index in [1.807, 2.05) is 0 Å². The second-order valence-electron chi connectivity index (χ2n) is 5.68. The molecule has 0 fully saturated rings. The Morgan fingerprint density at radius 1 is 1.15 bits per heavy atom. The second-order valence-corrected chi connectivity index (χ2v) is 7.74. The van der Waals surface area contributed by atoms with E-state index in [1.54, 1.807) is 32.0 Å². The van der Waals surface area contributed by atoms with Crippen LogP contribution in [0, 0.1) is 0 Å². The predicted molar refractivity (Wildman–Crippen MR) is 98.3 cm³/mol. The average molecular weight is 397 g/mol. The lowest BCUT2D eigenvalue weighted by molar-refractivity contribution is -0.128. The molecular formula is C17H23N3O6S. The summed E-state index contributed by atoms with van der Waals surface area (Å²) in [5.41, 5.74) is 0.583. The van der Waals surface area contributed by atoms with Crippen LogP contribution in [0.25, 0.3) is 11.4 Å². The molecule has 1 aromatic carbocycles. The molecule has 148 valence electrons. The average Bonchev–Trinajstić information content (AvgIpc) is 3.09. The molecule has 0 saturated carbocycles. The van der Waals surface area contributed by atoms with Gasteiger partial charge in [-0.05, 0) is 32.0 Å². The van der Waals surface area contributed by atoms with Crippen LogP contribution in [0.4, 0.5) is 0 Å². The second kappa shape index (κ2) is 8.85. The number of nitrogens with zero attached hydrogens (tertiary/aromatic N) is 3. The van der Waals surface area contributed by atoms with E-state index in [0.29, 0.717) is 30.2 Å². The summed E-state index contributed by atoms with van der Waals surface area (Å²) in [6.45, 7) is 4.49. The maximum absolute atomic E-state index is 12.3. The van der Waals surface area contributed by atoms with E-state index in [0.717, 1.165) is 0 Å². The Balaban J connectivity index is 2.15. The molecule has 0 aliphatic rings. The molecule has 0 N–H and O–H groups in total. The largest absolute Gasteiger partial charge is 0.493 e. The van der Waals surface area contributed by atoms with Gasteiger partial charge in [0.2, 0.25) is 17.6 Å². The van der Waals surface area contributed by atoms with Gasteiger partial charge >= 0.3 is 0 Å². The number of aromatic nitrogens is 2. The number of hydrogen-bond donors (Lipinski definition) is 0. The smallest absolute Gasteiger partial charge is 0.242 e. The Bertz CT molecular complexity index is 890. The fourth-order valence-electron chi connectivity index (χ4n) is 2.50. The molecule has 9 nitrogen and oxygen atoms in total. The summed E-state index contributed by atoms with van der Waals surface area (Å²) in [5, 5.41) is 3.81. The fourth-order valence-corrected chi connectivity index (χ4v) is 3.66. The van der Waals surface area contributed by atoms with Crippen LogP contribution in [0.15, 0.2) is 22.7 Å². The van der Waals surface area contributed by atoms with Gasteiger partial charge in [-0.2, -0.15) is 4.98 Å². The topological polar surface area (TPSA) is 112 Å². The van der Waals surface area contributed by atoms with Crippen molar-refractivity contribution in [3.63, 3.8) is 0 Å². The van der Waals surface area contributed by atoms with Gasteiger partial charge in [-0.25, -0.2) is 8.42 Å². The van der Waals surface area contributed by atoms with Gasteiger partial charge in [-0.1, -0.05) is 5.16 Å². The van der Waals surface area contributed by atoms with Crippen molar-refractivity contribution in [1.82, 2.24) is 15.0 Å². The molecular weight excluding hydrogens is 374 g/mol. The highest BCUT2D eigenvalue weighted by molar-refractivity contribution is 7.91. The molecule has 1 amide bonds. The summed E-state index contributed by atoms with van der Waals surface area (Å²) in [4.78, 5) is 17.6. The summed E-state index contributed by atoms with van der Waals surface area (Å²) in [7, 11) is -0.699. The molecule has 0 bridgehead atoms. The Morgan fingerprint density at radius 3 is 2.41 bits per heavy atom. The van der Waals surface area contributed by atoms with Crippen molar-refractivity contribution >= 4 is 15.7 Å². The van der Waals surface area contributed by atoms with Crippen LogP contribution in [0.3, 0.4) is 0 Å². The zero-order valence-electron chi connectivity index (χ0n) is 15.8. The first kappa shape index (κ1) is 20.7. The minimum Gasteiger partial charge on any atom is -0.493 e. The van der Waals surface area contributed by atoms with Crippen LogP contribution in [0.5, 0.6) is 11.5 Å². The number of rotatable bonds is 9. The maximum Gasteiger partial charge on any atom is 0.242 e. The fraction of sp³-hybridized carbons (Fsp3) is 0.471. The Labute approximate surface area is 158 Å². The van der Waals surface area contributed by atoms with E-state index < -0.39 is 27.3 Å². The van der Waals surface area contributed by atoms with Gasteiger partial charge in [0.25, 0.3) is 0 Å². The lowest BCUT2D eigenvalue weighted by Gasteiger charge is -2.18. The van der Waals surface area contributed by atoms with E-state index in [4.69, 9.17) is 14.0 Å². The standard InChI is InChI=1S/C17H23N3O6S/c1-5-20(6-2)16(21)11-27(22,23)10-15-18-17(19-26-15)12-7-8-13(24-3)14(9-12)25-4/h7-9H,5-6,10-11H2,1-4H3. The zero-order chi connectivity index (χ0) is 20.0. The van der Waals surface area contributed by atoms with Crippen LogP contribution >= 0.6 is 0 Å². The minimum atomic E-state index is -3.72. The third-order valence-electron chi connectivity index (χ3n) is 3.91. The predicted octanol–water partition coefficient (Wildman–Crippen LogP) is 1.54. The van der Waals surface area contributed by atoms with Crippen molar-refractivity contribution in [1.29, 1.82) is 0 Å². The van der Waals surface area contributed by atoms with Crippen molar-refractivity contribution in [2.45, 2.75) is 19.6 Å². The first-order valence-electron chi connectivity index (χ1n) is 8.36. The number of hydrogen-bond acceptors (Lipinski definition) is 8. The highest BCUT2D eigenvalue weighted by Gasteiger charge is 2.24. The maximum atomic E-state index is 12.3. The lowest BCUT2D eigenvalue weighted by Crippen LogP contribution is -2.35. The molecule has 0 unspecified atom stereocenters. The summed E-state index contributed by atoms with van der Waals surface area (Å²) >= 11 is 0. The summed E-state index contributed by atoms with van der Waals surface area (Å²) in [6.07, 6.45) is 0. The SMILES string of the molecule is CCN(CC)C(=O)CS(=O)(=O)Cc1nc(-c2ccc(OC)c(OC)c2)no1. The summed E-state index contributed by atoms with van der Waals surface area (Å²) < 4.78 is 40.0. The van der Waals surface area contributed by atoms with E-state index in [9.17, 15) is 13.2 Å². The molecule has 0 aliphatic heterocycles. The number of amides is 1. The van der Waals surface area contributed by atoms with Gasteiger partial charge in [0, 0.05) is 18.7 Å². The third-order valence-corrected chi connectivity index (χ3v) is 5.29. The van der Waals surface area contributed by atoms with Gasteiger partial charge < -0.3 is 18.9 Å². The van der Waals surface area contributed by atoms with Gasteiger partial charge in [-0.3, -0.25) is 4.79 Å². The van der Waals surface area contributed by atoms with Gasteiger partial charge in [0.15, 0.2) is 21.3 Å². The molecule has 0 atom stereocenters. The summed E-state index contributed by atoms with van der Waals surface area (Å²) in [6, 6.07) is 5.05. The molecule has 0 saturated heterocycles. The first-order chi connectivity index (χ1) is 12.8. The van der Waals surface area contributed by atoms with Crippen molar-refractivity contribution < 1.29 is 27.2 Å². The molecule has 0 aliphatic carbocycles. The molecule has 27 heavy (non-hydrogen) atoms. The molecule has 10 heteroatoms. The minimum absolute atomic E-state index is 0.0767. The van der Waals surface area contributed by atoms with Crippen LogP contribution < -0.4 is 9.47 Å². The molecule has 2 aromatic rings. The number of methoxy groups -OCH3 is 2. The highest BCUT2D eigenvalue weighted by atomic mass is 32.2. The number of ether oxygens (including phenoxy) is 2. The van der Waals surface area contributed by atoms with E-state index in [-0.39, 0.29) is 11.7 Å². The van der Waals surface area contributed by atoms with Gasteiger partial charge in [0.1, 0.15) is 11.5 Å². The normalized spacial score (nSPS) is 11.3. The van der Waals surface area contributed by atoms with E-state index >= 15 is 0 Å². The van der Waals surface area contributed by atoms with E-state index in [1.165, 1.54) is 19.1 Å². The van der Waals surface area contributed by atoms with Crippen LogP contribution in [0.2, 0.25) is 0 Å². The van der Waals surface area contributed by atoms with Crippen molar-refractivity contribution in [3.05, 3.63) is 24.1 Å². The lowest BCUT2D eigenvalue weighted by atomic mass is 10.2.